The molecule has 132 valence electrons. The number of likely N-dealkylation sites (N-methyl/N-ethyl adjacent to an activating group) is 1. The highest BCUT2D eigenvalue weighted by Crippen LogP contribution is 2.45. The summed E-state index contributed by atoms with van der Waals surface area (Å²) < 4.78 is 5.88. The predicted octanol–water partition coefficient (Wildman–Crippen LogP) is 4.19. The molecule has 1 saturated heterocycles. The summed E-state index contributed by atoms with van der Waals surface area (Å²) in [4.78, 5) is 17.8. The number of piperidine rings is 1. The Balaban J connectivity index is 1.60. The van der Waals surface area contributed by atoms with Crippen molar-refractivity contribution in [2.24, 2.45) is 0 Å². The van der Waals surface area contributed by atoms with Gasteiger partial charge in [-0.25, -0.2) is 0 Å². The molecule has 0 aliphatic carbocycles. The van der Waals surface area contributed by atoms with Crippen LogP contribution in [-0.2, 0) is 0 Å². The van der Waals surface area contributed by atoms with E-state index in [1.54, 1.807) is 0 Å². The van der Waals surface area contributed by atoms with Crippen LogP contribution >= 0.6 is 0 Å². The number of para-hydroxylation sites is 1. The lowest BCUT2D eigenvalue weighted by molar-refractivity contribution is 0.0940. The summed E-state index contributed by atoms with van der Waals surface area (Å²) >= 11 is 0. The van der Waals surface area contributed by atoms with Gasteiger partial charge in [-0.05, 0) is 50.7 Å². The van der Waals surface area contributed by atoms with Crippen molar-refractivity contribution in [2.75, 3.05) is 25.0 Å². The van der Waals surface area contributed by atoms with Crippen LogP contribution in [0.4, 0.5) is 5.69 Å². The smallest absolute Gasteiger partial charge is 0.294 e. The van der Waals surface area contributed by atoms with Crippen LogP contribution in [0.5, 0.6) is 0 Å². The molecule has 1 fully saturated rings. The molecule has 0 bridgehead atoms. The van der Waals surface area contributed by atoms with Gasteiger partial charge >= 0.3 is 0 Å². The molecule has 1 aromatic heterocycles. The van der Waals surface area contributed by atoms with Gasteiger partial charge in [0.25, 0.3) is 5.91 Å². The van der Waals surface area contributed by atoms with Gasteiger partial charge in [0.15, 0.2) is 5.76 Å². The van der Waals surface area contributed by atoms with Gasteiger partial charge in [0.05, 0.1) is 0 Å². The zero-order chi connectivity index (χ0) is 17.8. The Morgan fingerprint density at radius 1 is 1.15 bits per heavy atom. The minimum atomic E-state index is -0.0247. The fraction of sp³-hybridized carbons (Fsp3) is 0.318. The van der Waals surface area contributed by atoms with E-state index in [1.807, 2.05) is 35.2 Å². The minimum absolute atomic E-state index is 0.0247. The molecule has 0 N–H and O–H groups in total. The first-order chi connectivity index (χ1) is 12.6. The van der Waals surface area contributed by atoms with E-state index in [-0.39, 0.29) is 11.9 Å². The normalized spacial score (nSPS) is 22.5. The number of likely N-dealkylation sites (tertiary alicyclic amines) is 1. The van der Waals surface area contributed by atoms with Gasteiger partial charge in [-0.1, -0.05) is 35.9 Å². The third-order valence-corrected chi connectivity index (χ3v) is 5.81. The zero-order valence-corrected chi connectivity index (χ0v) is 15.1. The number of fused-ring (bicyclic) bond motifs is 4. The lowest BCUT2D eigenvalue weighted by atomic mass is 9.89. The third-order valence-electron chi connectivity index (χ3n) is 5.81. The number of benzene rings is 2. The van der Waals surface area contributed by atoms with Crippen LogP contribution in [0, 0.1) is 6.92 Å². The highest BCUT2D eigenvalue weighted by Gasteiger charge is 2.44. The first kappa shape index (κ1) is 15.6. The second kappa shape index (κ2) is 5.71. The Kier molecular flexibility index (Phi) is 3.44. The number of hydrogen-bond acceptors (Lipinski definition) is 3. The van der Waals surface area contributed by atoms with Gasteiger partial charge in [0.1, 0.15) is 5.58 Å². The molecule has 4 nitrogen and oxygen atoms in total. The molecule has 4 heteroatoms. The molecule has 5 rings (SSSR count). The largest absolute Gasteiger partial charge is 0.451 e. The van der Waals surface area contributed by atoms with Crippen LogP contribution in [0.25, 0.3) is 11.0 Å². The van der Waals surface area contributed by atoms with Crippen molar-refractivity contribution >= 4 is 22.6 Å². The fourth-order valence-electron chi connectivity index (χ4n) is 4.55. The SMILES string of the molecule is Cc1ccc2c(c1)[C@@H]1CN(C)CC[C@@H]1N2C(=O)c1cc2ccccc2o1. The van der Waals surface area contributed by atoms with E-state index < -0.39 is 0 Å². The monoisotopic (exact) mass is 346 g/mol. The molecular weight excluding hydrogens is 324 g/mol. The zero-order valence-electron chi connectivity index (χ0n) is 15.1. The maximum Gasteiger partial charge on any atom is 0.294 e. The van der Waals surface area contributed by atoms with Crippen molar-refractivity contribution in [3.05, 3.63) is 65.4 Å². The van der Waals surface area contributed by atoms with Gasteiger partial charge in [-0.2, -0.15) is 0 Å². The Labute approximate surface area is 153 Å². The Hall–Kier alpha value is -2.59. The van der Waals surface area contributed by atoms with Crippen molar-refractivity contribution in [3.63, 3.8) is 0 Å². The molecule has 0 unspecified atom stereocenters. The summed E-state index contributed by atoms with van der Waals surface area (Å²) in [5.41, 5.74) is 4.35. The first-order valence-electron chi connectivity index (χ1n) is 9.23. The average Bonchev–Trinajstić information content (AvgIpc) is 3.20. The molecular formula is C22H22N2O2. The second-order valence-corrected chi connectivity index (χ2v) is 7.61. The Morgan fingerprint density at radius 3 is 2.85 bits per heavy atom. The van der Waals surface area contributed by atoms with E-state index in [1.165, 1.54) is 11.1 Å². The molecule has 0 spiro atoms. The highest BCUT2D eigenvalue weighted by molar-refractivity contribution is 6.08. The van der Waals surface area contributed by atoms with Crippen molar-refractivity contribution in [1.29, 1.82) is 0 Å². The summed E-state index contributed by atoms with van der Waals surface area (Å²) in [6.07, 6.45) is 0.987. The standard InChI is InChI=1S/C22H22N2O2/c1-14-7-8-18-16(11-14)17-13-23(2)10-9-19(17)24(18)22(25)21-12-15-5-3-4-6-20(15)26-21/h3-8,11-12,17,19H,9-10,13H2,1-2H3/t17-,19-/m0/s1. The van der Waals surface area contributed by atoms with Crippen molar-refractivity contribution < 1.29 is 9.21 Å². The van der Waals surface area contributed by atoms with Crippen LogP contribution in [0.2, 0.25) is 0 Å². The lowest BCUT2D eigenvalue weighted by Gasteiger charge is -2.36. The highest BCUT2D eigenvalue weighted by atomic mass is 16.3. The molecule has 1 amide bonds. The van der Waals surface area contributed by atoms with Gasteiger partial charge in [0.2, 0.25) is 0 Å². The first-order valence-corrected chi connectivity index (χ1v) is 9.23. The van der Waals surface area contributed by atoms with Gasteiger partial charge in [-0.3, -0.25) is 4.79 Å². The van der Waals surface area contributed by atoms with Crippen molar-refractivity contribution in [2.45, 2.75) is 25.3 Å². The van der Waals surface area contributed by atoms with Gasteiger partial charge in [-0.15, -0.1) is 0 Å². The van der Waals surface area contributed by atoms with E-state index in [9.17, 15) is 4.79 Å². The summed E-state index contributed by atoms with van der Waals surface area (Å²) in [5.74, 6) is 0.776. The molecule has 0 saturated carbocycles. The fourth-order valence-corrected chi connectivity index (χ4v) is 4.55. The average molecular weight is 346 g/mol. The summed E-state index contributed by atoms with van der Waals surface area (Å²) in [6, 6.07) is 16.3. The predicted molar refractivity (Wildman–Crippen MR) is 103 cm³/mol. The summed E-state index contributed by atoms with van der Waals surface area (Å²) in [5, 5.41) is 0.971. The number of furan rings is 1. The molecule has 3 heterocycles. The number of rotatable bonds is 1. The minimum Gasteiger partial charge on any atom is -0.451 e. The van der Waals surface area contributed by atoms with E-state index in [0.717, 1.165) is 36.2 Å². The molecule has 0 radical (unpaired) electrons. The molecule has 26 heavy (non-hydrogen) atoms. The molecule has 2 aromatic carbocycles. The van der Waals surface area contributed by atoms with Crippen LogP contribution in [0.15, 0.2) is 52.9 Å². The number of carbonyl (C=O) groups is 1. The topological polar surface area (TPSA) is 36.7 Å². The van der Waals surface area contributed by atoms with Gasteiger partial charge in [0, 0.05) is 29.6 Å². The van der Waals surface area contributed by atoms with E-state index in [2.05, 4.69) is 37.1 Å². The number of nitrogens with zero attached hydrogens (tertiary/aromatic N) is 2. The lowest BCUT2D eigenvalue weighted by Crippen LogP contribution is -2.47. The van der Waals surface area contributed by atoms with E-state index >= 15 is 0 Å². The second-order valence-electron chi connectivity index (χ2n) is 7.61. The maximum atomic E-state index is 13.4. The van der Waals surface area contributed by atoms with Gasteiger partial charge < -0.3 is 14.2 Å². The molecule has 3 aromatic rings. The Bertz CT molecular complexity index is 973. The quantitative estimate of drug-likeness (QED) is 0.663. The number of aryl methyl sites for hydroxylation is 1. The maximum absolute atomic E-state index is 13.4. The van der Waals surface area contributed by atoms with E-state index in [4.69, 9.17) is 4.42 Å². The number of anilines is 1. The number of carbonyl (C=O) groups excluding carboxylic acids is 1. The number of hydrogen-bond donors (Lipinski definition) is 0. The van der Waals surface area contributed by atoms with E-state index in [0.29, 0.717) is 11.7 Å². The summed E-state index contributed by atoms with van der Waals surface area (Å²) in [6.45, 7) is 4.12. The van der Waals surface area contributed by atoms with Crippen LogP contribution in [0.3, 0.4) is 0 Å². The van der Waals surface area contributed by atoms with Crippen LogP contribution in [0.1, 0.15) is 34.0 Å². The molecule has 2 atom stereocenters. The molecule has 2 aliphatic heterocycles. The third kappa shape index (κ3) is 2.29. The Morgan fingerprint density at radius 2 is 2.00 bits per heavy atom. The molecule has 2 aliphatic rings. The van der Waals surface area contributed by atoms with Crippen molar-refractivity contribution in [3.8, 4) is 0 Å². The van der Waals surface area contributed by atoms with Crippen LogP contribution in [-0.4, -0.2) is 37.0 Å². The number of amides is 1. The summed E-state index contributed by atoms with van der Waals surface area (Å²) in [7, 11) is 2.16. The van der Waals surface area contributed by atoms with Crippen molar-refractivity contribution in [1.82, 2.24) is 4.90 Å². The van der Waals surface area contributed by atoms with Crippen LogP contribution < -0.4 is 4.90 Å².